The molecule has 19 heavy (non-hydrogen) atoms. The van der Waals surface area contributed by atoms with Crippen LogP contribution in [0.3, 0.4) is 0 Å². The molecule has 1 rings (SSSR count). The molecule has 5 heteroatoms. The largest absolute Gasteiger partial charge is 0.493 e. The zero-order valence-corrected chi connectivity index (χ0v) is 12.5. The molecule has 106 valence electrons. The molecular formula is C14H22ClN3O. The van der Waals surface area contributed by atoms with Gasteiger partial charge in [0, 0.05) is 16.6 Å². The number of guanidine groups is 1. The van der Waals surface area contributed by atoms with Crippen LogP contribution in [0.1, 0.15) is 32.8 Å². The van der Waals surface area contributed by atoms with Crippen molar-refractivity contribution in [3.63, 3.8) is 0 Å². The molecule has 1 unspecified atom stereocenters. The van der Waals surface area contributed by atoms with Crippen molar-refractivity contribution in [3.05, 3.63) is 28.8 Å². The Morgan fingerprint density at radius 2 is 2.21 bits per heavy atom. The number of rotatable bonds is 6. The average Bonchev–Trinajstić information content (AvgIpc) is 2.38. The quantitative estimate of drug-likeness (QED) is 0.623. The van der Waals surface area contributed by atoms with Gasteiger partial charge in [0.05, 0.1) is 13.2 Å². The second-order valence-corrected chi connectivity index (χ2v) is 4.78. The Morgan fingerprint density at radius 3 is 2.84 bits per heavy atom. The highest BCUT2D eigenvalue weighted by Crippen LogP contribution is 2.24. The first-order valence-corrected chi connectivity index (χ1v) is 6.92. The lowest BCUT2D eigenvalue weighted by Crippen LogP contribution is -2.38. The van der Waals surface area contributed by atoms with Gasteiger partial charge in [0.15, 0.2) is 5.96 Å². The molecule has 0 saturated carbocycles. The van der Waals surface area contributed by atoms with Gasteiger partial charge in [-0.1, -0.05) is 24.6 Å². The molecule has 4 nitrogen and oxygen atoms in total. The monoisotopic (exact) mass is 283 g/mol. The normalized spacial score (nSPS) is 13.2. The predicted octanol–water partition coefficient (Wildman–Crippen LogP) is 2.94. The van der Waals surface area contributed by atoms with E-state index in [4.69, 9.17) is 22.1 Å². The molecule has 0 saturated heterocycles. The van der Waals surface area contributed by atoms with E-state index in [1.54, 1.807) is 6.07 Å². The number of ether oxygens (including phenoxy) is 1. The molecule has 0 aliphatic heterocycles. The Morgan fingerprint density at radius 1 is 1.47 bits per heavy atom. The van der Waals surface area contributed by atoms with Gasteiger partial charge in [0.2, 0.25) is 0 Å². The van der Waals surface area contributed by atoms with Crippen molar-refractivity contribution in [3.8, 4) is 5.75 Å². The van der Waals surface area contributed by atoms with E-state index in [-0.39, 0.29) is 0 Å². The van der Waals surface area contributed by atoms with E-state index in [0.717, 1.165) is 17.7 Å². The highest BCUT2D eigenvalue weighted by Gasteiger charge is 2.05. The van der Waals surface area contributed by atoms with Crippen LogP contribution in [0, 0.1) is 0 Å². The molecule has 0 amide bonds. The highest BCUT2D eigenvalue weighted by atomic mass is 35.5. The number of benzene rings is 1. The first-order chi connectivity index (χ1) is 9.06. The number of nitrogens with one attached hydrogen (secondary N) is 1. The van der Waals surface area contributed by atoms with Crippen molar-refractivity contribution >= 4 is 17.6 Å². The number of nitrogens with two attached hydrogens (primary N) is 1. The van der Waals surface area contributed by atoms with E-state index in [1.165, 1.54) is 0 Å². The second kappa shape index (κ2) is 7.89. The summed E-state index contributed by atoms with van der Waals surface area (Å²) in [5, 5.41) is 3.78. The lowest BCUT2D eigenvalue weighted by Gasteiger charge is -2.12. The molecule has 1 aromatic carbocycles. The molecule has 0 aliphatic carbocycles. The Labute approximate surface area is 120 Å². The lowest BCUT2D eigenvalue weighted by atomic mass is 10.2. The third-order valence-corrected chi connectivity index (χ3v) is 2.99. The predicted molar refractivity (Wildman–Crippen MR) is 80.8 cm³/mol. The van der Waals surface area contributed by atoms with Crippen LogP contribution in [0.15, 0.2) is 23.2 Å². The van der Waals surface area contributed by atoms with Gasteiger partial charge in [-0.05, 0) is 32.4 Å². The lowest BCUT2D eigenvalue weighted by molar-refractivity contribution is 0.336. The second-order valence-electron chi connectivity index (χ2n) is 4.34. The Hall–Kier alpha value is -1.42. The summed E-state index contributed by atoms with van der Waals surface area (Å²) in [6.45, 7) is 7.17. The van der Waals surface area contributed by atoms with Crippen molar-refractivity contribution in [2.75, 3.05) is 6.61 Å². The van der Waals surface area contributed by atoms with Crippen molar-refractivity contribution in [1.82, 2.24) is 5.32 Å². The summed E-state index contributed by atoms with van der Waals surface area (Å²) in [7, 11) is 0. The van der Waals surface area contributed by atoms with Gasteiger partial charge in [0.1, 0.15) is 5.75 Å². The molecule has 3 N–H and O–H groups in total. The van der Waals surface area contributed by atoms with Crippen LogP contribution in [-0.4, -0.2) is 18.6 Å². The standard InChI is InChI=1S/C14H22ClN3O/c1-4-10(3)18-14(16)17-9-11-6-7-12(15)8-13(11)19-5-2/h6-8,10H,4-5,9H2,1-3H3,(H3,16,17,18). The fraction of sp³-hybridized carbons (Fsp3) is 0.500. The first kappa shape index (κ1) is 15.6. The molecule has 1 atom stereocenters. The zero-order chi connectivity index (χ0) is 14.3. The number of nitrogens with zero attached hydrogens (tertiary/aromatic N) is 1. The van der Waals surface area contributed by atoms with Crippen molar-refractivity contribution < 1.29 is 4.74 Å². The molecule has 0 bridgehead atoms. The maximum absolute atomic E-state index is 5.95. The van der Waals surface area contributed by atoms with Crippen molar-refractivity contribution in [2.24, 2.45) is 10.7 Å². The summed E-state index contributed by atoms with van der Waals surface area (Å²) < 4.78 is 5.54. The fourth-order valence-electron chi connectivity index (χ4n) is 1.52. The zero-order valence-electron chi connectivity index (χ0n) is 11.7. The van der Waals surface area contributed by atoms with Crippen LogP contribution in [0.5, 0.6) is 5.75 Å². The van der Waals surface area contributed by atoms with Gasteiger partial charge >= 0.3 is 0 Å². The van der Waals surface area contributed by atoms with Gasteiger partial charge in [-0.3, -0.25) is 0 Å². The minimum atomic E-state index is 0.320. The fourth-order valence-corrected chi connectivity index (χ4v) is 1.68. The van der Waals surface area contributed by atoms with Crippen LogP contribution in [0.2, 0.25) is 5.02 Å². The smallest absolute Gasteiger partial charge is 0.189 e. The molecule has 0 aliphatic rings. The van der Waals surface area contributed by atoms with E-state index in [2.05, 4.69) is 24.2 Å². The van der Waals surface area contributed by atoms with E-state index in [9.17, 15) is 0 Å². The Bertz CT molecular complexity index is 435. The summed E-state index contributed by atoms with van der Waals surface area (Å²) in [6.07, 6.45) is 1.00. The third kappa shape index (κ3) is 5.39. The molecule has 1 aromatic rings. The molecule has 0 fully saturated rings. The number of halogens is 1. The van der Waals surface area contributed by atoms with Gasteiger partial charge in [-0.25, -0.2) is 4.99 Å². The van der Waals surface area contributed by atoms with Crippen LogP contribution < -0.4 is 15.8 Å². The summed E-state index contributed by atoms with van der Waals surface area (Å²) in [4.78, 5) is 4.32. The summed E-state index contributed by atoms with van der Waals surface area (Å²) in [5.74, 6) is 1.21. The minimum absolute atomic E-state index is 0.320. The Kier molecular flexibility index (Phi) is 6.50. The SMILES string of the molecule is CCOc1cc(Cl)ccc1CN=C(N)NC(C)CC. The van der Waals surface area contributed by atoms with Crippen molar-refractivity contribution in [1.29, 1.82) is 0 Å². The minimum Gasteiger partial charge on any atom is -0.493 e. The molecule has 0 aromatic heterocycles. The van der Waals surface area contributed by atoms with E-state index >= 15 is 0 Å². The molecule has 0 radical (unpaired) electrons. The van der Waals surface area contributed by atoms with Crippen LogP contribution in [0.25, 0.3) is 0 Å². The van der Waals surface area contributed by atoms with E-state index < -0.39 is 0 Å². The summed E-state index contributed by atoms with van der Waals surface area (Å²) >= 11 is 5.95. The average molecular weight is 284 g/mol. The maximum atomic E-state index is 5.95. The molecular weight excluding hydrogens is 262 g/mol. The molecule has 0 spiro atoms. The summed E-state index contributed by atoms with van der Waals surface area (Å²) in [5.41, 5.74) is 6.80. The van der Waals surface area contributed by atoms with Gasteiger partial charge in [-0.15, -0.1) is 0 Å². The summed E-state index contributed by atoms with van der Waals surface area (Å²) in [6, 6.07) is 5.86. The van der Waals surface area contributed by atoms with Crippen LogP contribution >= 0.6 is 11.6 Å². The number of aliphatic imine (C=N–C) groups is 1. The number of hydrogen-bond donors (Lipinski definition) is 2. The highest BCUT2D eigenvalue weighted by molar-refractivity contribution is 6.30. The first-order valence-electron chi connectivity index (χ1n) is 6.54. The van der Waals surface area contributed by atoms with Crippen LogP contribution in [-0.2, 0) is 6.54 Å². The van der Waals surface area contributed by atoms with E-state index in [1.807, 2.05) is 19.1 Å². The maximum Gasteiger partial charge on any atom is 0.189 e. The van der Waals surface area contributed by atoms with Crippen molar-refractivity contribution in [2.45, 2.75) is 39.8 Å². The van der Waals surface area contributed by atoms with Gasteiger partial charge < -0.3 is 15.8 Å². The van der Waals surface area contributed by atoms with Gasteiger partial charge in [0.25, 0.3) is 0 Å². The molecule has 0 heterocycles. The van der Waals surface area contributed by atoms with E-state index in [0.29, 0.717) is 30.2 Å². The topological polar surface area (TPSA) is 59.6 Å². The Balaban J connectivity index is 2.73. The van der Waals surface area contributed by atoms with Crippen LogP contribution in [0.4, 0.5) is 0 Å². The number of hydrogen-bond acceptors (Lipinski definition) is 2. The van der Waals surface area contributed by atoms with Gasteiger partial charge in [-0.2, -0.15) is 0 Å². The third-order valence-electron chi connectivity index (χ3n) is 2.76.